The average molecular weight is 376 g/mol. The standard InChI is InChI=1S/C14H18BrNO4S/c15-11-7-12(16-2-5-19-6-3-16)9-14(8-11)21(17,18)13-1-4-20-10-13/h7-9,13H,1-6,10H2/t13-/m1/s1. The van der Waals surface area contributed by atoms with Gasteiger partial charge in [-0.2, -0.15) is 0 Å². The van der Waals surface area contributed by atoms with Gasteiger partial charge in [0.25, 0.3) is 0 Å². The summed E-state index contributed by atoms with van der Waals surface area (Å²) in [6, 6.07) is 5.40. The van der Waals surface area contributed by atoms with Crippen LogP contribution in [-0.4, -0.2) is 53.2 Å². The molecule has 5 nitrogen and oxygen atoms in total. The molecule has 0 spiro atoms. The van der Waals surface area contributed by atoms with E-state index in [1.807, 2.05) is 6.07 Å². The van der Waals surface area contributed by atoms with E-state index in [1.54, 1.807) is 12.1 Å². The fourth-order valence-electron chi connectivity index (χ4n) is 2.67. The van der Waals surface area contributed by atoms with Gasteiger partial charge in [0.1, 0.15) is 0 Å². The first-order chi connectivity index (χ1) is 10.1. The first-order valence-corrected chi connectivity index (χ1v) is 9.36. The highest BCUT2D eigenvalue weighted by Crippen LogP contribution is 2.30. The van der Waals surface area contributed by atoms with Gasteiger partial charge in [0.2, 0.25) is 0 Å². The molecule has 0 bridgehead atoms. The molecular weight excluding hydrogens is 358 g/mol. The molecule has 7 heteroatoms. The van der Waals surface area contributed by atoms with Gasteiger partial charge < -0.3 is 14.4 Å². The van der Waals surface area contributed by atoms with Gasteiger partial charge in [-0.05, 0) is 24.6 Å². The van der Waals surface area contributed by atoms with E-state index in [0.717, 1.165) is 23.2 Å². The van der Waals surface area contributed by atoms with Gasteiger partial charge in [0.15, 0.2) is 9.84 Å². The number of benzene rings is 1. The van der Waals surface area contributed by atoms with Crippen LogP contribution in [0.2, 0.25) is 0 Å². The number of hydrogen-bond donors (Lipinski definition) is 0. The van der Waals surface area contributed by atoms with E-state index in [1.165, 1.54) is 0 Å². The molecule has 0 unspecified atom stereocenters. The molecule has 116 valence electrons. The molecule has 0 aromatic heterocycles. The predicted molar refractivity (Wildman–Crippen MR) is 83.6 cm³/mol. The van der Waals surface area contributed by atoms with E-state index in [4.69, 9.17) is 9.47 Å². The lowest BCUT2D eigenvalue weighted by Crippen LogP contribution is -2.36. The highest BCUT2D eigenvalue weighted by molar-refractivity contribution is 9.10. The summed E-state index contributed by atoms with van der Waals surface area (Å²) in [5.74, 6) is 0. The number of nitrogens with zero attached hydrogens (tertiary/aromatic N) is 1. The van der Waals surface area contributed by atoms with Crippen LogP contribution in [-0.2, 0) is 19.3 Å². The summed E-state index contributed by atoms with van der Waals surface area (Å²) in [4.78, 5) is 2.52. The number of hydrogen-bond acceptors (Lipinski definition) is 5. The normalized spacial score (nSPS) is 23.5. The van der Waals surface area contributed by atoms with Crippen LogP contribution in [0.5, 0.6) is 0 Å². The summed E-state index contributed by atoms with van der Waals surface area (Å²) < 4.78 is 36.7. The van der Waals surface area contributed by atoms with E-state index in [-0.39, 0.29) is 0 Å². The van der Waals surface area contributed by atoms with Gasteiger partial charge in [-0.25, -0.2) is 8.42 Å². The summed E-state index contributed by atoms with van der Waals surface area (Å²) in [6.45, 7) is 3.72. The number of anilines is 1. The van der Waals surface area contributed by atoms with Crippen molar-refractivity contribution in [1.29, 1.82) is 0 Å². The molecule has 2 aliphatic heterocycles. The lowest BCUT2D eigenvalue weighted by atomic mass is 10.2. The van der Waals surface area contributed by atoms with Crippen LogP contribution in [0.15, 0.2) is 27.6 Å². The predicted octanol–water partition coefficient (Wildman–Crippen LogP) is 1.85. The SMILES string of the molecule is O=S(=O)(c1cc(Br)cc(N2CCOCC2)c1)[C@@H]1CCOC1. The van der Waals surface area contributed by atoms with E-state index in [9.17, 15) is 8.42 Å². The lowest BCUT2D eigenvalue weighted by Gasteiger charge is -2.29. The quantitative estimate of drug-likeness (QED) is 0.806. The highest BCUT2D eigenvalue weighted by atomic mass is 79.9. The van der Waals surface area contributed by atoms with Crippen molar-refractivity contribution in [2.45, 2.75) is 16.6 Å². The molecule has 0 radical (unpaired) electrons. The molecule has 0 amide bonds. The second-order valence-electron chi connectivity index (χ2n) is 5.28. The Morgan fingerprint density at radius 3 is 2.52 bits per heavy atom. The molecule has 0 aliphatic carbocycles. The Bertz CT molecular complexity index is 607. The van der Waals surface area contributed by atoms with Crippen molar-refractivity contribution in [3.05, 3.63) is 22.7 Å². The Balaban J connectivity index is 1.93. The largest absolute Gasteiger partial charge is 0.380 e. The van der Waals surface area contributed by atoms with Crippen molar-refractivity contribution in [2.24, 2.45) is 0 Å². The molecule has 2 heterocycles. The maximum atomic E-state index is 12.7. The van der Waals surface area contributed by atoms with Gasteiger partial charge in [-0.15, -0.1) is 0 Å². The summed E-state index contributed by atoms with van der Waals surface area (Å²) in [6.07, 6.45) is 0.571. The van der Waals surface area contributed by atoms with Crippen LogP contribution >= 0.6 is 15.9 Å². The van der Waals surface area contributed by atoms with Crippen LogP contribution in [0.25, 0.3) is 0 Å². The van der Waals surface area contributed by atoms with E-state index >= 15 is 0 Å². The molecule has 1 aromatic carbocycles. The Morgan fingerprint density at radius 2 is 1.86 bits per heavy atom. The van der Waals surface area contributed by atoms with Crippen molar-refractivity contribution in [3.63, 3.8) is 0 Å². The van der Waals surface area contributed by atoms with Crippen LogP contribution in [0.3, 0.4) is 0 Å². The Kier molecular flexibility index (Phi) is 4.54. The van der Waals surface area contributed by atoms with Crippen molar-refractivity contribution in [3.8, 4) is 0 Å². The third-order valence-corrected chi connectivity index (χ3v) is 6.49. The summed E-state index contributed by atoms with van der Waals surface area (Å²) in [7, 11) is -3.34. The maximum absolute atomic E-state index is 12.7. The van der Waals surface area contributed by atoms with Crippen LogP contribution in [0, 0.1) is 0 Å². The molecule has 0 N–H and O–H groups in total. The summed E-state index contributed by atoms with van der Waals surface area (Å²) >= 11 is 3.43. The first kappa shape index (κ1) is 15.3. The van der Waals surface area contributed by atoms with Crippen LogP contribution in [0.1, 0.15) is 6.42 Å². The molecule has 0 saturated carbocycles. The van der Waals surface area contributed by atoms with Gasteiger partial charge in [-0.3, -0.25) is 0 Å². The number of halogens is 1. The Labute approximate surface area is 133 Å². The topological polar surface area (TPSA) is 55.8 Å². The van der Waals surface area contributed by atoms with Crippen molar-refractivity contribution < 1.29 is 17.9 Å². The van der Waals surface area contributed by atoms with Gasteiger partial charge in [0.05, 0.1) is 30.0 Å². The second kappa shape index (κ2) is 6.24. The van der Waals surface area contributed by atoms with E-state index in [0.29, 0.717) is 37.7 Å². The van der Waals surface area contributed by atoms with Crippen molar-refractivity contribution >= 4 is 31.5 Å². The Hall–Kier alpha value is -0.630. The monoisotopic (exact) mass is 375 g/mol. The molecule has 2 aliphatic rings. The van der Waals surface area contributed by atoms with Crippen LogP contribution in [0.4, 0.5) is 5.69 Å². The minimum atomic E-state index is -3.34. The molecular formula is C14H18BrNO4S. The fourth-order valence-corrected chi connectivity index (χ4v) is 4.94. The minimum Gasteiger partial charge on any atom is -0.380 e. The van der Waals surface area contributed by atoms with E-state index in [2.05, 4.69) is 20.8 Å². The molecule has 21 heavy (non-hydrogen) atoms. The first-order valence-electron chi connectivity index (χ1n) is 7.02. The minimum absolute atomic E-state index is 0.293. The number of sulfone groups is 1. The molecule has 1 aromatic rings. The average Bonchev–Trinajstić information content (AvgIpc) is 3.02. The summed E-state index contributed by atoms with van der Waals surface area (Å²) in [5, 5.41) is -0.427. The van der Waals surface area contributed by atoms with E-state index < -0.39 is 15.1 Å². The molecule has 3 rings (SSSR count). The summed E-state index contributed by atoms with van der Waals surface area (Å²) in [5.41, 5.74) is 0.921. The number of morpholine rings is 1. The molecule has 2 fully saturated rings. The fraction of sp³-hybridized carbons (Fsp3) is 0.571. The lowest BCUT2D eigenvalue weighted by molar-refractivity contribution is 0.122. The zero-order valence-electron chi connectivity index (χ0n) is 11.6. The molecule has 1 atom stereocenters. The van der Waals surface area contributed by atoms with Crippen molar-refractivity contribution in [1.82, 2.24) is 0 Å². The van der Waals surface area contributed by atoms with Gasteiger partial charge in [-0.1, -0.05) is 15.9 Å². The third kappa shape index (κ3) is 3.26. The number of rotatable bonds is 3. The zero-order chi connectivity index (χ0) is 14.9. The van der Waals surface area contributed by atoms with Gasteiger partial charge in [0, 0.05) is 29.9 Å². The van der Waals surface area contributed by atoms with Crippen LogP contribution < -0.4 is 4.90 Å². The zero-order valence-corrected chi connectivity index (χ0v) is 14.0. The molecule has 2 saturated heterocycles. The smallest absolute Gasteiger partial charge is 0.183 e. The maximum Gasteiger partial charge on any atom is 0.183 e. The number of ether oxygens (including phenoxy) is 2. The Morgan fingerprint density at radius 1 is 1.10 bits per heavy atom. The third-order valence-electron chi connectivity index (χ3n) is 3.89. The van der Waals surface area contributed by atoms with Gasteiger partial charge >= 0.3 is 0 Å². The highest BCUT2D eigenvalue weighted by Gasteiger charge is 2.31. The van der Waals surface area contributed by atoms with Crippen molar-refractivity contribution in [2.75, 3.05) is 44.4 Å². The second-order valence-corrected chi connectivity index (χ2v) is 8.42.